The fourth-order valence-corrected chi connectivity index (χ4v) is 0.214. The Morgan fingerprint density at radius 2 is 1.88 bits per heavy atom. The molecule has 0 N–H and O–H groups in total. The predicted octanol–water partition coefficient (Wildman–Crippen LogP) is 2.38. The molecule has 0 aromatic carbocycles. The van der Waals surface area contributed by atoms with Gasteiger partial charge in [-0.05, 0) is 20.8 Å². The normalized spacial score (nSPS) is 12.4. The maximum Gasteiger partial charge on any atom is 0.0736 e. The average Bonchev–Trinajstić information content (AvgIpc) is 1.59. The lowest BCUT2D eigenvalue weighted by Gasteiger charge is -2.06. The molecule has 0 atom stereocenters. The van der Waals surface area contributed by atoms with E-state index in [4.69, 9.17) is 0 Å². The third-order valence-electron chi connectivity index (χ3n) is 0.439. The van der Waals surface area contributed by atoms with Gasteiger partial charge in [0.1, 0.15) is 0 Å². The fourth-order valence-electron chi connectivity index (χ4n) is 0.214. The molecule has 0 aliphatic rings. The highest BCUT2D eigenvalue weighted by molar-refractivity contribution is 4.69. The Kier molecular flexibility index (Phi) is 2.38. The maximum atomic E-state index is 3.88. The number of azo groups is 1. The van der Waals surface area contributed by atoms with Gasteiger partial charge in [-0.3, -0.25) is 0 Å². The maximum absolute atomic E-state index is 3.88. The summed E-state index contributed by atoms with van der Waals surface area (Å²) < 4.78 is 0. The molecule has 0 bridgehead atoms. The molecule has 0 aromatic heterocycles. The third-order valence-corrected chi connectivity index (χ3v) is 0.439. The van der Waals surface area contributed by atoms with E-state index < -0.39 is 0 Å². The minimum absolute atomic E-state index is 0.0613. The first-order valence-corrected chi connectivity index (χ1v) is 2.59. The molecule has 0 spiro atoms. The second-order valence-electron chi connectivity index (χ2n) is 2.57. The highest BCUT2D eigenvalue weighted by Gasteiger charge is 2.04. The molecule has 0 rings (SSSR count). The van der Waals surface area contributed by atoms with Crippen molar-refractivity contribution in [1.29, 1.82) is 0 Å². The third kappa shape index (κ3) is 5.34. The quantitative estimate of drug-likeness (QED) is 0.465. The van der Waals surface area contributed by atoms with Gasteiger partial charge < -0.3 is 0 Å². The van der Waals surface area contributed by atoms with Crippen LogP contribution >= 0.6 is 0 Å². The van der Waals surface area contributed by atoms with Crippen LogP contribution in [0.1, 0.15) is 20.8 Å². The zero-order valence-corrected chi connectivity index (χ0v) is 5.68. The first-order valence-electron chi connectivity index (χ1n) is 2.59. The molecule has 2 nitrogen and oxygen atoms in total. The second-order valence-corrected chi connectivity index (χ2v) is 2.57. The van der Waals surface area contributed by atoms with Crippen LogP contribution in [0.5, 0.6) is 0 Å². The summed E-state index contributed by atoms with van der Waals surface area (Å²) in [5.41, 5.74) is -0.0613. The topological polar surface area (TPSA) is 24.7 Å². The van der Waals surface area contributed by atoms with E-state index in [-0.39, 0.29) is 5.54 Å². The fraction of sp³-hybridized carbons (Fsp3) is 0.667. The van der Waals surface area contributed by atoms with Crippen LogP contribution in [-0.4, -0.2) is 5.54 Å². The Morgan fingerprint density at radius 3 is 2.00 bits per heavy atom. The summed E-state index contributed by atoms with van der Waals surface area (Å²) in [6.07, 6.45) is 1.44. The lowest BCUT2D eigenvalue weighted by Crippen LogP contribution is -2.07. The summed E-state index contributed by atoms with van der Waals surface area (Å²) in [5, 5.41) is 7.51. The first-order chi connectivity index (χ1) is 3.56. The molecular weight excluding hydrogens is 100 g/mol. The Balaban J connectivity index is 3.69. The van der Waals surface area contributed by atoms with Gasteiger partial charge in [0.15, 0.2) is 0 Å². The average molecular weight is 112 g/mol. The van der Waals surface area contributed by atoms with Gasteiger partial charge in [-0.15, -0.1) is 0 Å². The minimum Gasteiger partial charge on any atom is -0.183 e. The van der Waals surface area contributed by atoms with Crippen molar-refractivity contribution in [2.24, 2.45) is 10.2 Å². The van der Waals surface area contributed by atoms with Gasteiger partial charge >= 0.3 is 0 Å². The SMILES string of the molecule is C=CN=NC(C)(C)C. The van der Waals surface area contributed by atoms with Gasteiger partial charge in [0, 0.05) is 6.20 Å². The largest absolute Gasteiger partial charge is 0.183 e. The smallest absolute Gasteiger partial charge is 0.0736 e. The van der Waals surface area contributed by atoms with Crippen LogP contribution in [0.15, 0.2) is 23.0 Å². The van der Waals surface area contributed by atoms with Crippen LogP contribution in [0.25, 0.3) is 0 Å². The van der Waals surface area contributed by atoms with Crippen LogP contribution in [0.3, 0.4) is 0 Å². The van der Waals surface area contributed by atoms with Crippen LogP contribution in [0, 0.1) is 0 Å². The molecule has 0 amide bonds. The number of nitrogens with zero attached hydrogens (tertiary/aromatic N) is 2. The second kappa shape index (κ2) is 2.60. The number of hydrogen-bond acceptors (Lipinski definition) is 2. The summed E-state index contributed by atoms with van der Waals surface area (Å²) in [6, 6.07) is 0. The lowest BCUT2D eigenvalue weighted by molar-refractivity contribution is 0.551. The molecule has 8 heavy (non-hydrogen) atoms. The first kappa shape index (κ1) is 7.34. The van der Waals surface area contributed by atoms with Crippen molar-refractivity contribution in [2.75, 3.05) is 0 Å². The van der Waals surface area contributed by atoms with E-state index in [0.29, 0.717) is 0 Å². The predicted molar refractivity (Wildman–Crippen MR) is 34.8 cm³/mol. The Bertz CT molecular complexity index is 97.6. The summed E-state index contributed by atoms with van der Waals surface area (Å²) in [5.74, 6) is 0. The molecule has 0 aromatic rings. The van der Waals surface area contributed by atoms with E-state index in [0.717, 1.165) is 0 Å². The number of rotatable bonds is 1. The lowest BCUT2D eigenvalue weighted by atomic mass is 10.1. The van der Waals surface area contributed by atoms with E-state index in [9.17, 15) is 0 Å². The van der Waals surface area contributed by atoms with E-state index in [1.54, 1.807) is 0 Å². The molecule has 0 aliphatic carbocycles. The molecule has 0 radical (unpaired) electrons. The van der Waals surface area contributed by atoms with Gasteiger partial charge in [-0.25, -0.2) is 0 Å². The molecular formula is C6H12N2. The molecule has 0 saturated carbocycles. The summed E-state index contributed by atoms with van der Waals surface area (Å²) in [6.45, 7) is 9.36. The van der Waals surface area contributed by atoms with Crippen LogP contribution in [0.4, 0.5) is 0 Å². The Labute approximate surface area is 50.3 Å². The Morgan fingerprint density at radius 1 is 1.38 bits per heavy atom. The molecule has 0 aliphatic heterocycles. The monoisotopic (exact) mass is 112 g/mol. The highest BCUT2D eigenvalue weighted by atomic mass is 15.1. The zero-order valence-electron chi connectivity index (χ0n) is 5.68. The van der Waals surface area contributed by atoms with Crippen molar-refractivity contribution in [3.63, 3.8) is 0 Å². The van der Waals surface area contributed by atoms with Gasteiger partial charge in [0.2, 0.25) is 0 Å². The van der Waals surface area contributed by atoms with Crippen LogP contribution in [-0.2, 0) is 0 Å². The molecule has 0 fully saturated rings. The van der Waals surface area contributed by atoms with Crippen molar-refractivity contribution in [3.05, 3.63) is 12.8 Å². The standard InChI is InChI=1S/C6H12N2/c1-5-7-8-6(2,3)4/h5H,1H2,2-4H3. The van der Waals surface area contributed by atoms with Gasteiger partial charge in [0.25, 0.3) is 0 Å². The Hall–Kier alpha value is -0.660. The summed E-state index contributed by atoms with van der Waals surface area (Å²) >= 11 is 0. The van der Waals surface area contributed by atoms with Crippen molar-refractivity contribution in [2.45, 2.75) is 26.3 Å². The molecule has 0 heterocycles. The van der Waals surface area contributed by atoms with Crippen molar-refractivity contribution in [1.82, 2.24) is 0 Å². The number of hydrogen-bond donors (Lipinski definition) is 0. The summed E-state index contributed by atoms with van der Waals surface area (Å²) in [7, 11) is 0. The van der Waals surface area contributed by atoms with Crippen molar-refractivity contribution >= 4 is 0 Å². The molecule has 0 saturated heterocycles. The highest BCUT2D eigenvalue weighted by Crippen LogP contribution is 2.05. The van der Waals surface area contributed by atoms with E-state index in [1.165, 1.54) is 6.20 Å². The van der Waals surface area contributed by atoms with E-state index in [1.807, 2.05) is 20.8 Å². The molecule has 0 unspecified atom stereocenters. The molecule has 2 heteroatoms. The zero-order chi connectivity index (χ0) is 6.62. The van der Waals surface area contributed by atoms with Gasteiger partial charge in [-0.1, -0.05) is 6.58 Å². The van der Waals surface area contributed by atoms with E-state index in [2.05, 4.69) is 16.8 Å². The van der Waals surface area contributed by atoms with Gasteiger partial charge in [-0.2, -0.15) is 10.2 Å². The van der Waals surface area contributed by atoms with Crippen molar-refractivity contribution in [3.8, 4) is 0 Å². The van der Waals surface area contributed by atoms with Crippen LogP contribution < -0.4 is 0 Å². The minimum atomic E-state index is -0.0613. The van der Waals surface area contributed by atoms with Crippen LogP contribution in [0.2, 0.25) is 0 Å². The summed E-state index contributed by atoms with van der Waals surface area (Å²) in [4.78, 5) is 0. The van der Waals surface area contributed by atoms with Crippen molar-refractivity contribution < 1.29 is 0 Å². The van der Waals surface area contributed by atoms with E-state index >= 15 is 0 Å². The molecule has 46 valence electrons. The van der Waals surface area contributed by atoms with Gasteiger partial charge in [0.05, 0.1) is 5.54 Å².